The fraction of sp³-hybridized carbons (Fsp3) is 0.923. The zero-order valence-corrected chi connectivity index (χ0v) is 9.99. The molecule has 2 rings (SSSR count). The van der Waals surface area contributed by atoms with Gasteiger partial charge in [0.25, 0.3) is 0 Å². The third-order valence-corrected chi connectivity index (χ3v) is 4.00. The van der Waals surface area contributed by atoms with Gasteiger partial charge in [0.1, 0.15) is 5.78 Å². The Morgan fingerprint density at radius 2 is 1.94 bits per heavy atom. The van der Waals surface area contributed by atoms with Crippen LogP contribution in [0.15, 0.2) is 0 Å². The Balaban J connectivity index is 1.77. The minimum absolute atomic E-state index is 0.256. The van der Waals surface area contributed by atoms with E-state index in [-0.39, 0.29) is 12.0 Å². The first-order valence-corrected chi connectivity index (χ1v) is 6.61. The summed E-state index contributed by atoms with van der Waals surface area (Å²) in [4.78, 5) is 12.1. The second kappa shape index (κ2) is 5.78. The summed E-state index contributed by atoms with van der Waals surface area (Å²) in [5.74, 6) is 1.29. The first-order valence-electron chi connectivity index (χ1n) is 6.61. The van der Waals surface area contributed by atoms with Crippen LogP contribution < -0.4 is 5.73 Å². The number of hydrogen-bond donors (Lipinski definition) is 1. The van der Waals surface area contributed by atoms with Crippen LogP contribution in [0.2, 0.25) is 0 Å². The van der Waals surface area contributed by atoms with Crippen LogP contribution in [0.5, 0.6) is 0 Å². The third kappa shape index (κ3) is 3.29. The maximum Gasteiger partial charge on any atom is 0.136 e. The van der Waals surface area contributed by atoms with Crippen LogP contribution >= 0.6 is 0 Å². The van der Waals surface area contributed by atoms with Crippen molar-refractivity contribution in [3.8, 4) is 0 Å². The molecule has 0 spiro atoms. The Labute approximate surface area is 97.7 Å². The molecule has 1 saturated carbocycles. The lowest BCUT2D eigenvalue weighted by atomic mass is 9.80. The van der Waals surface area contributed by atoms with Gasteiger partial charge in [0.15, 0.2) is 0 Å². The summed E-state index contributed by atoms with van der Waals surface area (Å²) in [6.45, 7) is 1.67. The molecule has 3 nitrogen and oxygen atoms in total. The van der Waals surface area contributed by atoms with Crippen molar-refractivity contribution in [1.29, 1.82) is 0 Å². The molecule has 1 saturated heterocycles. The van der Waals surface area contributed by atoms with Crippen molar-refractivity contribution in [2.24, 2.45) is 17.6 Å². The van der Waals surface area contributed by atoms with Gasteiger partial charge in [-0.3, -0.25) is 4.79 Å². The van der Waals surface area contributed by atoms with E-state index < -0.39 is 0 Å². The van der Waals surface area contributed by atoms with Gasteiger partial charge in [-0.05, 0) is 38.0 Å². The van der Waals surface area contributed by atoms with Crippen LogP contribution in [0.4, 0.5) is 0 Å². The van der Waals surface area contributed by atoms with Crippen LogP contribution in [0, 0.1) is 11.8 Å². The first kappa shape index (κ1) is 12.1. The normalized spacial score (nSPS) is 32.6. The molecule has 1 aliphatic carbocycles. The van der Waals surface area contributed by atoms with Crippen LogP contribution in [0.1, 0.15) is 44.9 Å². The monoisotopic (exact) mass is 225 g/mol. The van der Waals surface area contributed by atoms with E-state index in [0.29, 0.717) is 11.7 Å². The van der Waals surface area contributed by atoms with Crippen molar-refractivity contribution >= 4 is 5.78 Å². The lowest BCUT2D eigenvalue weighted by molar-refractivity contribution is -0.125. The van der Waals surface area contributed by atoms with Gasteiger partial charge in [0.2, 0.25) is 0 Å². The Morgan fingerprint density at radius 1 is 1.19 bits per heavy atom. The van der Waals surface area contributed by atoms with E-state index in [4.69, 9.17) is 10.5 Å². The molecule has 0 bridgehead atoms. The molecule has 2 unspecified atom stereocenters. The lowest BCUT2D eigenvalue weighted by Crippen LogP contribution is -2.32. The van der Waals surface area contributed by atoms with E-state index in [1.165, 1.54) is 0 Å². The molecule has 2 atom stereocenters. The number of Topliss-reactive ketones (excluding diaryl/α,β-unsaturated/α-hetero) is 1. The fourth-order valence-corrected chi connectivity index (χ4v) is 2.92. The zero-order valence-electron chi connectivity index (χ0n) is 9.99. The molecule has 0 aromatic carbocycles. The summed E-state index contributed by atoms with van der Waals surface area (Å²) in [5.41, 5.74) is 5.92. The maximum atomic E-state index is 12.1. The van der Waals surface area contributed by atoms with Crippen LogP contribution in [-0.2, 0) is 9.53 Å². The van der Waals surface area contributed by atoms with E-state index in [0.717, 1.165) is 58.2 Å². The molecule has 1 heterocycles. The van der Waals surface area contributed by atoms with Gasteiger partial charge < -0.3 is 10.5 Å². The lowest BCUT2D eigenvalue weighted by Gasteiger charge is -2.28. The first-order chi connectivity index (χ1) is 7.75. The van der Waals surface area contributed by atoms with Gasteiger partial charge in [0.05, 0.1) is 0 Å². The number of ketones is 1. The molecule has 1 aliphatic heterocycles. The smallest absolute Gasteiger partial charge is 0.136 e. The molecular weight excluding hydrogens is 202 g/mol. The summed E-state index contributed by atoms with van der Waals surface area (Å²) in [6.07, 6.45) is 7.10. The molecule has 16 heavy (non-hydrogen) atoms. The SMILES string of the molecule is NC1CCCC(C(=O)CC2CCOCC2)C1. The number of rotatable bonds is 3. The second-order valence-corrected chi connectivity index (χ2v) is 5.35. The highest BCUT2D eigenvalue weighted by atomic mass is 16.5. The number of nitrogens with two attached hydrogens (primary N) is 1. The molecule has 2 aliphatic rings. The molecule has 0 amide bonds. The topological polar surface area (TPSA) is 52.3 Å². The molecule has 0 aromatic heterocycles. The quantitative estimate of drug-likeness (QED) is 0.798. The van der Waals surface area contributed by atoms with E-state index >= 15 is 0 Å². The van der Waals surface area contributed by atoms with Gasteiger partial charge in [-0.1, -0.05) is 6.42 Å². The number of carbonyl (C=O) groups is 1. The van der Waals surface area contributed by atoms with Crippen molar-refractivity contribution in [1.82, 2.24) is 0 Å². The van der Waals surface area contributed by atoms with E-state index in [2.05, 4.69) is 0 Å². The molecule has 2 N–H and O–H groups in total. The zero-order chi connectivity index (χ0) is 11.4. The van der Waals surface area contributed by atoms with Crippen molar-refractivity contribution in [2.45, 2.75) is 51.0 Å². The van der Waals surface area contributed by atoms with Gasteiger partial charge in [-0.25, -0.2) is 0 Å². The predicted octanol–water partition coefficient (Wildman–Crippen LogP) is 1.89. The highest BCUT2D eigenvalue weighted by Gasteiger charge is 2.27. The van der Waals surface area contributed by atoms with Crippen molar-refractivity contribution in [2.75, 3.05) is 13.2 Å². The van der Waals surface area contributed by atoms with Crippen molar-refractivity contribution in [3.05, 3.63) is 0 Å². The number of ether oxygens (including phenoxy) is 1. The molecular formula is C13H23NO2. The van der Waals surface area contributed by atoms with Gasteiger partial charge >= 0.3 is 0 Å². The summed E-state index contributed by atoms with van der Waals surface area (Å²) < 4.78 is 5.31. The average molecular weight is 225 g/mol. The summed E-state index contributed by atoms with van der Waals surface area (Å²) in [7, 11) is 0. The molecule has 3 heteroatoms. The minimum atomic E-state index is 0.256. The van der Waals surface area contributed by atoms with Gasteiger partial charge in [-0.2, -0.15) is 0 Å². The van der Waals surface area contributed by atoms with E-state index in [1.54, 1.807) is 0 Å². The van der Waals surface area contributed by atoms with Crippen LogP contribution in [0.3, 0.4) is 0 Å². The maximum absolute atomic E-state index is 12.1. The van der Waals surface area contributed by atoms with Crippen LogP contribution in [-0.4, -0.2) is 25.0 Å². The Kier molecular flexibility index (Phi) is 4.36. The standard InChI is InChI=1S/C13H23NO2/c14-12-3-1-2-11(9-12)13(15)8-10-4-6-16-7-5-10/h10-12H,1-9,14H2. The van der Waals surface area contributed by atoms with E-state index in [1.807, 2.05) is 0 Å². The summed E-state index contributed by atoms with van der Waals surface area (Å²) in [5, 5.41) is 0. The largest absolute Gasteiger partial charge is 0.381 e. The minimum Gasteiger partial charge on any atom is -0.381 e. The summed E-state index contributed by atoms with van der Waals surface area (Å²) >= 11 is 0. The highest BCUT2D eigenvalue weighted by molar-refractivity contribution is 5.81. The molecule has 92 valence electrons. The van der Waals surface area contributed by atoms with Gasteiger partial charge in [0, 0.05) is 31.6 Å². The van der Waals surface area contributed by atoms with E-state index in [9.17, 15) is 4.79 Å². The van der Waals surface area contributed by atoms with Crippen molar-refractivity contribution < 1.29 is 9.53 Å². The van der Waals surface area contributed by atoms with Gasteiger partial charge in [-0.15, -0.1) is 0 Å². The Hall–Kier alpha value is -0.410. The Bertz CT molecular complexity index is 236. The molecule has 0 aromatic rings. The number of carbonyl (C=O) groups excluding carboxylic acids is 1. The third-order valence-electron chi connectivity index (χ3n) is 4.00. The highest BCUT2D eigenvalue weighted by Crippen LogP contribution is 2.28. The second-order valence-electron chi connectivity index (χ2n) is 5.35. The van der Waals surface area contributed by atoms with Crippen molar-refractivity contribution in [3.63, 3.8) is 0 Å². The molecule has 0 radical (unpaired) electrons. The average Bonchev–Trinajstić information content (AvgIpc) is 2.30. The predicted molar refractivity (Wildman–Crippen MR) is 63.1 cm³/mol. The van der Waals surface area contributed by atoms with Crippen LogP contribution in [0.25, 0.3) is 0 Å². The molecule has 2 fully saturated rings. The summed E-state index contributed by atoms with van der Waals surface area (Å²) in [6, 6.07) is 0.261. The fourth-order valence-electron chi connectivity index (χ4n) is 2.92. The number of hydrogen-bond acceptors (Lipinski definition) is 3. The Morgan fingerprint density at radius 3 is 2.62 bits per heavy atom.